The van der Waals surface area contributed by atoms with E-state index in [-0.39, 0.29) is 23.7 Å². The highest BCUT2D eigenvalue weighted by Gasteiger charge is 2.36. The molecule has 2 atom stereocenters. The lowest BCUT2D eigenvalue weighted by Gasteiger charge is -2.22. The van der Waals surface area contributed by atoms with E-state index in [1.165, 1.54) is 18.6 Å². The van der Waals surface area contributed by atoms with Crippen molar-refractivity contribution in [2.24, 2.45) is 5.41 Å². The molecule has 0 aromatic carbocycles. The van der Waals surface area contributed by atoms with E-state index < -0.39 is 0 Å². The molecule has 0 bridgehead atoms. The minimum atomic E-state index is -0.163. The zero-order valence-corrected chi connectivity index (χ0v) is 11.4. The molecule has 2 unspecified atom stereocenters. The third-order valence-electron chi connectivity index (χ3n) is 3.43. The highest BCUT2D eigenvalue weighted by Crippen LogP contribution is 2.27. The molecule has 0 radical (unpaired) electrons. The first-order valence-electron chi connectivity index (χ1n) is 5.81. The maximum absolute atomic E-state index is 12.0. The summed E-state index contributed by atoms with van der Waals surface area (Å²) in [5.74, 6) is 1.50. The van der Waals surface area contributed by atoms with Crippen LogP contribution in [0.4, 0.5) is 0 Å². The van der Waals surface area contributed by atoms with Crippen LogP contribution in [0.1, 0.15) is 26.2 Å². The van der Waals surface area contributed by atoms with Crippen LogP contribution in [0, 0.1) is 5.41 Å². The van der Waals surface area contributed by atoms with Crippen LogP contribution in [-0.2, 0) is 4.79 Å². The second-order valence-electron chi connectivity index (χ2n) is 4.83. The molecular weight excluding hydrogens is 244 g/mol. The summed E-state index contributed by atoms with van der Waals surface area (Å²) in [4.78, 5) is 12.0. The third-order valence-corrected chi connectivity index (χ3v) is 4.83. The molecule has 5 heteroatoms. The molecule has 2 saturated heterocycles. The lowest BCUT2D eigenvalue weighted by molar-refractivity contribution is -0.129. The summed E-state index contributed by atoms with van der Waals surface area (Å²) in [5.41, 5.74) is -0.163. The summed E-state index contributed by atoms with van der Waals surface area (Å²) < 4.78 is 0. The first-order chi connectivity index (χ1) is 7.21. The van der Waals surface area contributed by atoms with Crippen molar-refractivity contribution in [2.45, 2.75) is 31.4 Å². The number of carbonyl (C=O) groups excluding carboxylic acids is 1. The number of hydrogen-bond donors (Lipinski definition) is 2. The van der Waals surface area contributed by atoms with Crippen molar-refractivity contribution in [3.8, 4) is 0 Å². The lowest BCUT2D eigenvalue weighted by Crippen LogP contribution is -2.42. The van der Waals surface area contributed by atoms with Crippen molar-refractivity contribution in [2.75, 3.05) is 25.4 Å². The van der Waals surface area contributed by atoms with Crippen LogP contribution in [0.15, 0.2) is 0 Å². The van der Waals surface area contributed by atoms with Gasteiger partial charge >= 0.3 is 0 Å². The first kappa shape index (κ1) is 14.1. The molecule has 1 amide bonds. The van der Waals surface area contributed by atoms with E-state index in [2.05, 4.69) is 17.6 Å². The molecule has 0 saturated carbocycles. The van der Waals surface area contributed by atoms with Gasteiger partial charge in [-0.15, -0.1) is 12.4 Å². The molecule has 0 aliphatic carbocycles. The molecule has 2 N–H and O–H groups in total. The topological polar surface area (TPSA) is 41.1 Å². The van der Waals surface area contributed by atoms with Crippen molar-refractivity contribution >= 4 is 30.1 Å². The average Bonchev–Trinajstić information content (AvgIpc) is 2.85. The van der Waals surface area contributed by atoms with Crippen LogP contribution in [0.5, 0.6) is 0 Å². The van der Waals surface area contributed by atoms with Crippen molar-refractivity contribution in [1.82, 2.24) is 10.6 Å². The zero-order valence-electron chi connectivity index (χ0n) is 9.75. The molecule has 0 aromatic rings. The van der Waals surface area contributed by atoms with Gasteiger partial charge in [-0.1, -0.05) is 0 Å². The van der Waals surface area contributed by atoms with E-state index in [1.807, 2.05) is 11.8 Å². The van der Waals surface area contributed by atoms with Crippen LogP contribution in [-0.4, -0.2) is 36.5 Å². The quantitative estimate of drug-likeness (QED) is 0.810. The molecule has 2 fully saturated rings. The van der Waals surface area contributed by atoms with Gasteiger partial charge in [0, 0.05) is 18.3 Å². The number of rotatable bonds is 3. The molecule has 2 aliphatic rings. The monoisotopic (exact) mass is 264 g/mol. The predicted octanol–water partition coefficient (Wildman–Crippen LogP) is 1.42. The average molecular weight is 265 g/mol. The van der Waals surface area contributed by atoms with Crippen LogP contribution in [0.2, 0.25) is 0 Å². The normalized spacial score (nSPS) is 33.4. The molecule has 16 heavy (non-hydrogen) atoms. The Morgan fingerprint density at radius 2 is 2.44 bits per heavy atom. The molecule has 3 nitrogen and oxygen atoms in total. The fourth-order valence-corrected chi connectivity index (χ4v) is 3.44. The van der Waals surface area contributed by atoms with E-state index in [1.54, 1.807) is 0 Å². The fourth-order valence-electron chi connectivity index (χ4n) is 2.24. The Balaban J connectivity index is 0.00000128. The Morgan fingerprint density at radius 1 is 1.62 bits per heavy atom. The fraction of sp³-hybridized carbons (Fsp3) is 0.909. The number of thioether (sulfide) groups is 1. The van der Waals surface area contributed by atoms with Gasteiger partial charge in [0.15, 0.2) is 0 Å². The van der Waals surface area contributed by atoms with Crippen LogP contribution >= 0.6 is 24.2 Å². The number of amides is 1. The van der Waals surface area contributed by atoms with Crippen LogP contribution in [0.25, 0.3) is 0 Å². The highest BCUT2D eigenvalue weighted by atomic mass is 35.5. The number of hydrogen-bond acceptors (Lipinski definition) is 3. The summed E-state index contributed by atoms with van der Waals surface area (Å²) in [6, 6.07) is 0. The highest BCUT2D eigenvalue weighted by molar-refractivity contribution is 8.00. The minimum absolute atomic E-state index is 0. The minimum Gasteiger partial charge on any atom is -0.354 e. The first-order valence-corrected chi connectivity index (χ1v) is 6.86. The van der Waals surface area contributed by atoms with Crippen molar-refractivity contribution in [3.05, 3.63) is 0 Å². The second kappa shape index (κ2) is 6.12. The summed E-state index contributed by atoms with van der Waals surface area (Å²) in [6.07, 6.45) is 3.54. The van der Waals surface area contributed by atoms with Crippen molar-refractivity contribution < 1.29 is 4.79 Å². The lowest BCUT2D eigenvalue weighted by atomic mass is 9.89. The Labute approximate surface area is 108 Å². The van der Waals surface area contributed by atoms with Crippen molar-refractivity contribution in [3.63, 3.8) is 0 Å². The van der Waals surface area contributed by atoms with E-state index in [4.69, 9.17) is 0 Å². The summed E-state index contributed by atoms with van der Waals surface area (Å²) in [6.45, 7) is 4.72. The Bertz CT molecular complexity index is 238. The summed E-state index contributed by atoms with van der Waals surface area (Å²) in [5, 5.41) is 7.02. The molecular formula is C11H21ClN2OS. The van der Waals surface area contributed by atoms with E-state index >= 15 is 0 Å². The SMILES string of the molecule is CC1(C(=O)NCC2CCCS2)CCNC1.Cl. The van der Waals surface area contributed by atoms with Gasteiger partial charge in [0.1, 0.15) is 0 Å². The molecule has 0 aromatic heterocycles. The molecule has 94 valence electrons. The second-order valence-corrected chi connectivity index (χ2v) is 6.24. The smallest absolute Gasteiger partial charge is 0.227 e. The van der Waals surface area contributed by atoms with Gasteiger partial charge in [0.25, 0.3) is 0 Å². The molecule has 2 aliphatic heterocycles. The Kier molecular flexibility index (Phi) is 5.41. The van der Waals surface area contributed by atoms with Crippen LogP contribution < -0.4 is 10.6 Å². The molecule has 0 spiro atoms. The van der Waals surface area contributed by atoms with Gasteiger partial charge < -0.3 is 10.6 Å². The standard InChI is InChI=1S/C11H20N2OS.ClH/c1-11(4-5-12-8-11)10(14)13-7-9-3-2-6-15-9;/h9,12H,2-8H2,1H3,(H,13,14);1H. The van der Waals surface area contributed by atoms with E-state index in [0.717, 1.165) is 26.1 Å². The largest absolute Gasteiger partial charge is 0.354 e. The van der Waals surface area contributed by atoms with Gasteiger partial charge in [-0.3, -0.25) is 4.79 Å². The Morgan fingerprint density at radius 3 is 3.00 bits per heavy atom. The third kappa shape index (κ3) is 3.28. The maximum Gasteiger partial charge on any atom is 0.227 e. The maximum atomic E-state index is 12.0. The number of halogens is 1. The van der Waals surface area contributed by atoms with Gasteiger partial charge in [0.2, 0.25) is 5.91 Å². The van der Waals surface area contributed by atoms with Gasteiger partial charge in [-0.2, -0.15) is 11.8 Å². The van der Waals surface area contributed by atoms with Crippen molar-refractivity contribution in [1.29, 1.82) is 0 Å². The zero-order chi connectivity index (χ0) is 10.7. The molecule has 2 rings (SSSR count). The van der Waals surface area contributed by atoms with Gasteiger partial charge in [-0.25, -0.2) is 0 Å². The van der Waals surface area contributed by atoms with Crippen LogP contribution in [0.3, 0.4) is 0 Å². The summed E-state index contributed by atoms with van der Waals surface area (Å²) >= 11 is 2.00. The summed E-state index contributed by atoms with van der Waals surface area (Å²) in [7, 11) is 0. The van der Waals surface area contributed by atoms with E-state index in [9.17, 15) is 4.79 Å². The predicted molar refractivity (Wildman–Crippen MR) is 71.3 cm³/mol. The van der Waals surface area contributed by atoms with E-state index in [0.29, 0.717) is 5.25 Å². The number of carbonyl (C=O) groups is 1. The van der Waals surface area contributed by atoms with Gasteiger partial charge in [-0.05, 0) is 38.5 Å². The van der Waals surface area contributed by atoms with Gasteiger partial charge in [0.05, 0.1) is 5.41 Å². The molecule has 2 heterocycles. The number of nitrogens with one attached hydrogen (secondary N) is 2. The Hall–Kier alpha value is 0.0700.